The minimum absolute atomic E-state index is 0.210. The summed E-state index contributed by atoms with van der Waals surface area (Å²) < 4.78 is 13.2. The van der Waals surface area contributed by atoms with Crippen LogP contribution in [-0.2, 0) is 9.59 Å². The van der Waals surface area contributed by atoms with Crippen LogP contribution in [0.3, 0.4) is 0 Å². The number of carbonyl (C=O) groups excluding carboxylic acids is 3. The van der Waals surface area contributed by atoms with Crippen molar-refractivity contribution >= 4 is 17.8 Å². The highest BCUT2D eigenvalue weighted by Crippen LogP contribution is 2.24. The van der Waals surface area contributed by atoms with Crippen molar-refractivity contribution in [2.45, 2.75) is 18.9 Å². The predicted molar refractivity (Wildman–Crippen MR) is 69.2 cm³/mol. The smallest absolute Gasteiger partial charge is 0.277 e. The molecular weight excluding hydrogens is 263 g/mol. The van der Waals surface area contributed by atoms with Crippen molar-refractivity contribution in [2.24, 2.45) is 0 Å². The highest BCUT2D eigenvalue weighted by atomic mass is 19.1. The largest absolute Gasteiger partial charge is 0.331 e. The number of nitrogens with zero attached hydrogens (tertiary/aromatic N) is 1. The van der Waals surface area contributed by atoms with E-state index in [-0.39, 0.29) is 5.56 Å². The lowest BCUT2D eigenvalue weighted by Gasteiger charge is -2.33. The van der Waals surface area contributed by atoms with Gasteiger partial charge in [-0.1, -0.05) is 18.2 Å². The second kappa shape index (κ2) is 5.24. The molecule has 1 aliphatic rings. The fourth-order valence-corrected chi connectivity index (χ4v) is 2.06. The summed E-state index contributed by atoms with van der Waals surface area (Å²) in [6.07, 6.45) is 1.41. The number of nitrogens with one attached hydrogen (secondary N) is 1. The molecule has 4 amide bonds. The van der Waals surface area contributed by atoms with E-state index < -0.39 is 35.6 Å². The van der Waals surface area contributed by atoms with Crippen LogP contribution in [0.2, 0.25) is 0 Å². The topological polar surface area (TPSA) is 66.5 Å². The van der Waals surface area contributed by atoms with Gasteiger partial charge in [0, 0.05) is 0 Å². The van der Waals surface area contributed by atoms with E-state index in [1.54, 1.807) is 6.92 Å². The van der Waals surface area contributed by atoms with E-state index in [4.69, 9.17) is 0 Å². The molecule has 6 heteroatoms. The number of carbonyl (C=O) groups is 3. The molecule has 1 aromatic rings. The number of hydrogen-bond acceptors (Lipinski definition) is 3. The first-order valence-electron chi connectivity index (χ1n) is 6.01. The Balaban J connectivity index is 2.42. The quantitative estimate of drug-likeness (QED) is 0.673. The second-order valence-electron chi connectivity index (χ2n) is 4.47. The van der Waals surface area contributed by atoms with Crippen molar-refractivity contribution in [1.29, 1.82) is 0 Å². The van der Waals surface area contributed by atoms with E-state index in [0.717, 1.165) is 11.0 Å². The van der Waals surface area contributed by atoms with Crippen LogP contribution in [0.4, 0.5) is 9.18 Å². The Bertz CT molecular complexity index is 600. The maximum absolute atomic E-state index is 13.2. The first kappa shape index (κ1) is 13.9. The lowest BCUT2D eigenvalue weighted by molar-refractivity contribution is -0.139. The standard InChI is InChI=1S/C14H13FN2O3/c1-3-8(2)17-13(19)11(12(18)16-14(17)20)9-5-4-6-10(15)7-9/h3-8,11H,1H2,2H3,(H,16,18,20). The van der Waals surface area contributed by atoms with Gasteiger partial charge in [0.2, 0.25) is 11.8 Å². The zero-order valence-electron chi connectivity index (χ0n) is 10.8. The molecule has 0 saturated carbocycles. The molecule has 2 unspecified atom stereocenters. The molecule has 104 valence electrons. The summed E-state index contributed by atoms with van der Waals surface area (Å²) >= 11 is 0. The Labute approximate surface area is 115 Å². The van der Waals surface area contributed by atoms with Crippen LogP contribution in [0, 0.1) is 5.82 Å². The summed E-state index contributed by atoms with van der Waals surface area (Å²) in [7, 11) is 0. The summed E-state index contributed by atoms with van der Waals surface area (Å²) in [6.45, 7) is 5.12. The molecule has 1 aliphatic heterocycles. The number of urea groups is 1. The molecule has 1 heterocycles. The van der Waals surface area contributed by atoms with Crippen molar-refractivity contribution in [3.8, 4) is 0 Å². The van der Waals surface area contributed by atoms with Gasteiger partial charge in [-0.05, 0) is 24.6 Å². The molecule has 1 fully saturated rings. The molecule has 0 aliphatic carbocycles. The Morgan fingerprint density at radius 3 is 2.70 bits per heavy atom. The van der Waals surface area contributed by atoms with Crippen LogP contribution in [0.1, 0.15) is 18.4 Å². The number of barbiturate groups is 1. The van der Waals surface area contributed by atoms with E-state index >= 15 is 0 Å². The highest BCUT2D eigenvalue weighted by molar-refractivity contribution is 6.19. The molecule has 1 aromatic carbocycles. The molecule has 2 rings (SSSR count). The van der Waals surface area contributed by atoms with Crippen molar-refractivity contribution in [3.63, 3.8) is 0 Å². The van der Waals surface area contributed by atoms with Crippen LogP contribution in [-0.4, -0.2) is 28.8 Å². The maximum Gasteiger partial charge on any atom is 0.331 e. The fraction of sp³-hybridized carbons (Fsp3) is 0.214. The number of amides is 4. The van der Waals surface area contributed by atoms with Gasteiger partial charge in [-0.3, -0.25) is 19.8 Å². The lowest BCUT2D eigenvalue weighted by Crippen LogP contribution is -2.59. The molecule has 0 radical (unpaired) electrons. The molecule has 1 N–H and O–H groups in total. The molecule has 1 saturated heterocycles. The van der Waals surface area contributed by atoms with Crippen LogP contribution >= 0.6 is 0 Å². The Hall–Kier alpha value is -2.50. The Kier molecular flexibility index (Phi) is 3.65. The van der Waals surface area contributed by atoms with Crippen LogP contribution < -0.4 is 5.32 Å². The van der Waals surface area contributed by atoms with Crippen LogP contribution in [0.25, 0.3) is 0 Å². The highest BCUT2D eigenvalue weighted by Gasteiger charge is 2.42. The third-order valence-electron chi connectivity index (χ3n) is 3.13. The molecule has 20 heavy (non-hydrogen) atoms. The lowest BCUT2D eigenvalue weighted by atomic mass is 9.94. The average molecular weight is 276 g/mol. The van der Waals surface area contributed by atoms with Gasteiger partial charge >= 0.3 is 6.03 Å². The Morgan fingerprint density at radius 1 is 1.40 bits per heavy atom. The number of rotatable bonds is 3. The van der Waals surface area contributed by atoms with Gasteiger partial charge < -0.3 is 0 Å². The van der Waals surface area contributed by atoms with E-state index in [9.17, 15) is 18.8 Å². The van der Waals surface area contributed by atoms with Gasteiger partial charge in [-0.25, -0.2) is 9.18 Å². The molecular formula is C14H13FN2O3. The first-order valence-corrected chi connectivity index (χ1v) is 6.01. The van der Waals surface area contributed by atoms with E-state index in [2.05, 4.69) is 11.9 Å². The van der Waals surface area contributed by atoms with Crippen molar-refractivity contribution in [3.05, 3.63) is 48.3 Å². The van der Waals surface area contributed by atoms with E-state index in [0.29, 0.717) is 0 Å². The van der Waals surface area contributed by atoms with Gasteiger partial charge in [-0.15, -0.1) is 6.58 Å². The average Bonchev–Trinajstić information content (AvgIpc) is 2.37. The monoisotopic (exact) mass is 276 g/mol. The number of hydrogen-bond donors (Lipinski definition) is 1. The molecule has 0 spiro atoms. The van der Waals surface area contributed by atoms with E-state index in [1.165, 1.54) is 24.3 Å². The number of benzene rings is 1. The summed E-state index contributed by atoms with van der Waals surface area (Å²) in [5.41, 5.74) is 0.210. The van der Waals surface area contributed by atoms with Gasteiger partial charge in [0.25, 0.3) is 0 Å². The van der Waals surface area contributed by atoms with E-state index in [1.807, 2.05) is 0 Å². The van der Waals surface area contributed by atoms with Crippen molar-refractivity contribution < 1.29 is 18.8 Å². The summed E-state index contributed by atoms with van der Waals surface area (Å²) in [4.78, 5) is 36.8. The fourth-order valence-electron chi connectivity index (χ4n) is 2.06. The summed E-state index contributed by atoms with van der Waals surface area (Å²) in [6, 6.07) is 3.84. The summed E-state index contributed by atoms with van der Waals surface area (Å²) in [5.74, 6) is -3.22. The van der Waals surface area contributed by atoms with Crippen LogP contribution in [0.5, 0.6) is 0 Å². The minimum Gasteiger partial charge on any atom is -0.277 e. The van der Waals surface area contributed by atoms with Gasteiger partial charge in [-0.2, -0.15) is 0 Å². The third-order valence-corrected chi connectivity index (χ3v) is 3.13. The SMILES string of the molecule is C=CC(C)N1C(=O)NC(=O)C(c2cccc(F)c2)C1=O. The molecule has 5 nitrogen and oxygen atoms in total. The first-order chi connectivity index (χ1) is 9.45. The molecule has 0 bridgehead atoms. The molecule has 2 atom stereocenters. The third kappa shape index (κ3) is 2.32. The zero-order chi connectivity index (χ0) is 14.9. The Morgan fingerprint density at radius 2 is 2.10 bits per heavy atom. The van der Waals surface area contributed by atoms with Gasteiger partial charge in [0.15, 0.2) is 0 Å². The normalized spacial score (nSPS) is 20.6. The van der Waals surface area contributed by atoms with Gasteiger partial charge in [0.05, 0.1) is 6.04 Å². The van der Waals surface area contributed by atoms with Crippen LogP contribution in [0.15, 0.2) is 36.9 Å². The van der Waals surface area contributed by atoms with Gasteiger partial charge in [0.1, 0.15) is 11.7 Å². The summed E-state index contributed by atoms with van der Waals surface area (Å²) in [5, 5.41) is 2.10. The van der Waals surface area contributed by atoms with Crippen molar-refractivity contribution in [2.75, 3.05) is 0 Å². The number of halogens is 1. The zero-order valence-corrected chi connectivity index (χ0v) is 10.8. The molecule has 0 aromatic heterocycles. The maximum atomic E-state index is 13.2. The minimum atomic E-state index is -1.23. The predicted octanol–water partition coefficient (Wildman–Crippen LogP) is 1.56. The second-order valence-corrected chi connectivity index (χ2v) is 4.47. The van der Waals surface area contributed by atoms with Crippen molar-refractivity contribution in [1.82, 2.24) is 10.2 Å². The number of imide groups is 2.